The standard InChI is InChI=1S/C19H16N2OS/c20-14-7-5-13(6-8-14)12-22-15-9-10-19-17(11-15)21-16-3-1-2-4-18(16)23-19/h1-11,21H,12,20H2. The maximum Gasteiger partial charge on any atom is 0.121 e. The monoisotopic (exact) mass is 320 g/mol. The van der Waals surface area contributed by atoms with Gasteiger partial charge in [0, 0.05) is 21.5 Å². The highest BCUT2D eigenvalue weighted by molar-refractivity contribution is 7.99. The second-order valence-electron chi connectivity index (χ2n) is 5.41. The Morgan fingerprint density at radius 2 is 1.65 bits per heavy atom. The number of fused-ring (bicyclic) bond motifs is 2. The second-order valence-corrected chi connectivity index (χ2v) is 6.50. The summed E-state index contributed by atoms with van der Waals surface area (Å²) in [4.78, 5) is 2.46. The number of benzene rings is 3. The van der Waals surface area contributed by atoms with E-state index < -0.39 is 0 Å². The molecule has 0 saturated carbocycles. The highest BCUT2D eigenvalue weighted by Crippen LogP contribution is 2.45. The van der Waals surface area contributed by atoms with Gasteiger partial charge < -0.3 is 15.8 Å². The van der Waals surface area contributed by atoms with Crippen molar-refractivity contribution >= 4 is 28.8 Å². The molecule has 1 aliphatic rings. The number of rotatable bonds is 3. The van der Waals surface area contributed by atoms with Gasteiger partial charge in [-0.05, 0) is 42.0 Å². The number of ether oxygens (including phenoxy) is 1. The normalized spacial score (nSPS) is 12.0. The molecule has 3 aromatic rings. The summed E-state index contributed by atoms with van der Waals surface area (Å²) in [5, 5.41) is 3.47. The van der Waals surface area contributed by atoms with E-state index >= 15 is 0 Å². The summed E-state index contributed by atoms with van der Waals surface area (Å²) in [6, 6.07) is 22.2. The van der Waals surface area contributed by atoms with Crippen LogP contribution in [0.5, 0.6) is 5.75 Å². The summed E-state index contributed by atoms with van der Waals surface area (Å²) < 4.78 is 5.90. The van der Waals surface area contributed by atoms with Gasteiger partial charge in [0.15, 0.2) is 0 Å². The smallest absolute Gasteiger partial charge is 0.121 e. The molecule has 1 aliphatic heterocycles. The van der Waals surface area contributed by atoms with Crippen LogP contribution >= 0.6 is 11.8 Å². The van der Waals surface area contributed by atoms with Gasteiger partial charge in [0.1, 0.15) is 12.4 Å². The van der Waals surface area contributed by atoms with Crippen molar-refractivity contribution in [1.29, 1.82) is 0 Å². The highest BCUT2D eigenvalue weighted by Gasteiger charge is 2.15. The quantitative estimate of drug-likeness (QED) is 0.518. The fraction of sp³-hybridized carbons (Fsp3) is 0.0526. The summed E-state index contributed by atoms with van der Waals surface area (Å²) in [6.07, 6.45) is 0. The van der Waals surface area contributed by atoms with Crippen LogP contribution in [0, 0.1) is 0 Å². The lowest BCUT2D eigenvalue weighted by Crippen LogP contribution is -2.01. The molecule has 0 spiro atoms. The molecule has 23 heavy (non-hydrogen) atoms. The first-order chi connectivity index (χ1) is 11.3. The van der Waals surface area contributed by atoms with Crippen molar-refractivity contribution in [3.8, 4) is 5.75 Å². The molecule has 4 heteroatoms. The van der Waals surface area contributed by atoms with Crippen molar-refractivity contribution in [1.82, 2.24) is 0 Å². The molecular weight excluding hydrogens is 304 g/mol. The lowest BCUT2D eigenvalue weighted by Gasteiger charge is -2.21. The first kappa shape index (κ1) is 14.0. The molecule has 0 unspecified atom stereocenters. The van der Waals surface area contributed by atoms with E-state index in [1.807, 2.05) is 36.4 Å². The molecule has 1 heterocycles. The van der Waals surface area contributed by atoms with Crippen LogP contribution in [0.2, 0.25) is 0 Å². The lowest BCUT2D eigenvalue weighted by atomic mass is 10.2. The van der Waals surface area contributed by atoms with Crippen molar-refractivity contribution < 1.29 is 4.74 Å². The third kappa shape index (κ3) is 2.98. The number of nitrogens with two attached hydrogens (primary N) is 1. The largest absolute Gasteiger partial charge is 0.489 e. The third-order valence-electron chi connectivity index (χ3n) is 3.71. The summed E-state index contributed by atoms with van der Waals surface area (Å²) >= 11 is 1.78. The van der Waals surface area contributed by atoms with Crippen LogP contribution in [-0.4, -0.2) is 0 Å². The molecule has 0 amide bonds. The van der Waals surface area contributed by atoms with E-state index in [0.717, 1.165) is 28.4 Å². The van der Waals surface area contributed by atoms with Crippen molar-refractivity contribution in [2.24, 2.45) is 0 Å². The van der Waals surface area contributed by atoms with E-state index in [1.165, 1.54) is 9.79 Å². The van der Waals surface area contributed by atoms with Crippen molar-refractivity contribution in [3.63, 3.8) is 0 Å². The average Bonchev–Trinajstić information content (AvgIpc) is 2.59. The van der Waals surface area contributed by atoms with E-state index in [1.54, 1.807) is 11.8 Å². The van der Waals surface area contributed by atoms with E-state index in [9.17, 15) is 0 Å². The molecule has 0 saturated heterocycles. The molecule has 3 N–H and O–H groups in total. The molecule has 0 aliphatic carbocycles. The molecule has 0 radical (unpaired) electrons. The molecule has 0 bridgehead atoms. The van der Waals surface area contributed by atoms with Crippen LogP contribution in [0.25, 0.3) is 0 Å². The Morgan fingerprint density at radius 3 is 2.52 bits per heavy atom. The topological polar surface area (TPSA) is 47.3 Å². The minimum Gasteiger partial charge on any atom is -0.489 e. The van der Waals surface area contributed by atoms with Crippen LogP contribution in [0.1, 0.15) is 5.56 Å². The van der Waals surface area contributed by atoms with Gasteiger partial charge in [0.2, 0.25) is 0 Å². The first-order valence-corrected chi connectivity index (χ1v) is 8.25. The first-order valence-electron chi connectivity index (χ1n) is 7.43. The Labute approximate surface area is 139 Å². The summed E-state index contributed by atoms with van der Waals surface area (Å²) in [5.74, 6) is 0.855. The van der Waals surface area contributed by atoms with Crippen molar-refractivity contribution in [2.45, 2.75) is 16.4 Å². The Balaban J connectivity index is 1.51. The minimum absolute atomic E-state index is 0.531. The van der Waals surface area contributed by atoms with Crippen LogP contribution in [0.4, 0.5) is 17.1 Å². The number of anilines is 3. The van der Waals surface area contributed by atoms with Gasteiger partial charge in [-0.3, -0.25) is 0 Å². The summed E-state index contributed by atoms with van der Waals surface area (Å²) in [5.41, 5.74) is 9.79. The molecular formula is C19H16N2OS. The Hall–Kier alpha value is -2.59. The fourth-order valence-corrected chi connectivity index (χ4v) is 3.46. The zero-order valence-corrected chi connectivity index (χ0v) is 13.3. The van der Waals surface area contributed by atoms with Crippen molar-refractivity contribution in [2.75, 3.05) is 11.1 Å². The van der Waals surface area contributed by atoms with Gasteiger partial charge in [-0.25, -0.2) is 0 Å². The maximum absolute atomic E-state index is 5.90. The molecule has 0 fully saturated rings. The molecule has 0 aromatic heterocycles. The third-order valence-corrected chi connectivity index (χ3v) is 4.86. The molecule has 0 atom stereocenters. The Bertz CT molecular complexity index is 846. The Kier molecular flexibility index (Phi) is 3.60. The van der Waals surface area contributed by atoms with Gasteiger partial charge >= 0.3 is 0 Å². The number of nitrogen functional groups attached to an aromatic ring is 1. The number of hydrogen-bond acceptors (Lipinski definition) is 4. The van der Waals surface area contributed by atoms with E-state index in [-0.39, 0.29) is 0 Å². The zero-order chi connectivity index (χ0) is 15.6. The second kappa shape index (κ2) is 5.89. The van der Waals surface area contributed by atoms with Crippen molar-refractivity contribution in [3.05, 3.63) is 72.3 Å². The maximum atomic E-state index is 5.90. The molecule has 4 rings (SSSR count). The summed E-state index contributed by atoms with van der Waals surface area (Å²) in [7, 11) is 0. The predicted octanol–water partition coefficient (Wildman–Crippen LogP) is 5.06. The van der Waals surface area contributed by atoms with Crippen LogP contribution in [0.15, 0.2) is 76.5 Å². The number of hydrogen-bond donors (Lipinski definition) is 2. The highest BCUT2D eigenvalue weighted by atomic mass is 32.2. The van der Waals surface area contributed by atoms with Gasteiger partial charge in [0.25, 0.3) is 0 Å². The number of nitrogens with one attached hydrogen (secondary N) is 1. The van der Waals surface area contributed by atoms with E-state index in [4.69, 9.17) is 10.5 Å². The fourth-order valence-electron chi connectivity index (χ4n) is 2.49. The van der Waals surface area contributed by atoms with Crippen LogP contribution in [-0.2, 0) is 6.61 Å². The zero-order valence-electron chi connectivity index (χ0n) is 12.5. The van der Waals surface area contributed by atoms with Gasteiger partial charge in [-0.1, -0.05) is 36.0 Å². The number of para-hydroxylation sites is 1. The summed E-state index contributed by atoms with van der Waals surface area (Å²) in [6.45, 7) is 0.531. The van der Waals surface area contributed by atoms with Gasteiger partial charge in [0.05, 0.1) is 11.4 Å². The van der Waals surface area contributed by atoms with Gasteiger partial charge in [-0.2, -0.15) is 0 Å². The van der Waals surface area contributed by atoms with Crippen LogP contribution in [0.3, 0.4) is 0 Å². The average molecular weight is 320 g/mol. The minimum atomic E-state index is 0.531. The molecule has 3 aromatic carbocycles. The molecule has 114 valence electrons. The van der Waals surface area contributed by atoms with E-state index in [0.29, 0.717) is 6.61 Å². The van der Waals surface area contributed by atoms with Gasteiger partial charge in [-0.15, -0.1) is 0 Å². The SMILES string of the molecule is Nc1ccc(COc2ccc3c(c2)Nc2ccccc2S3)cc1. The lowest BCUT2D eigenvalue weighted by molar-refractivity contribution is 0.306. The predicted molar refractivity (Wildman–Crippen MR) is 95.5 cm³/mol. The Morgan fingerprint density at radius 1 is 0.870 bits per heavy atom. The van der Waals surface area contributed by atoms with Crippen LogP contribution < -0.4 is 15.8 Å². The molecule has 3 nitrogen and oxygen atoms in total. The van der Waals surface area contributed by atoms with E-state index in [2.05, 4.69) is 35.6 Å².